The maximum absolute atomic E-state index is 13.4. The molecule has 5 nitrogen and oxygen atoms in total. The third-order valence-corrected chi connectivity index (χ3v) is 6.10. The molecule has 3 rings (SSSR count). The van der Waals surface area contributed by atoms with Crippen LogP contribution in [0.5, 0.6) is 0 Å². The van der Waals surface area contributed by atoms with Crippen molar-refractivity contribution in [2.75, 3.05) is 0 Å². The van der Waals surface area contributed by atoms with Crippen LogP contribution in [0.2, 0.25) is 0 Å². The van der Waals surface area contributed by atoms with E-state index in [1.54, 1.807) is 12.1 Å². The van der Waals surface area contributed by atoms with Crippen LogP contribution in [0, 0.1) is 22.7 Å². The molecule has 0 atom stereocenters. The van der Waals surface area contributed by atoms with E-state index >= 15 is 0 Å². The number of nitriles is 2. The summed E-state index contributed by atoms with van der Waals surface area (Å²) in [5.74, 6) is 0. The molecule has 2 aromatic rings. The molecule has 5 heteroatoms. The number of carbonyl (C=O) groups is 1. The third-order valence-electron chi connectivity index (χ3n) is 6.10. The van der Waals surface area contributed by atoms with Gasteiger partial charge in [0, 0.05) is 13.1 Å². The van der Waals surface area contributed by atoms with Crippen molar-refractivity contribution in [3.05, 3.63) is 70.8 Å². The molecule has 0 aromatic heterocycles. The van der Waals surface area contributed by atoms with Crippen LogP contribution < -0.4 is 0 Å². The Bertz CT molecular complexity index is 915. The van der Waals surface area contributed by atoms with Crippen molar-refractivity contribution in [3.63, 3.8) is 0 Å². The molecule has 28 heavy (non-hydrogen) atoms. The minimum absolute atomic E-state index is 0.0419. The zero-order valence-electron chi connectivity index (χ0n) is 16.7. The Balaban J connectivity index is 1.92. The van der Waals surface area contributed by atoms with Crippen molar-refractivity contribution in [1.82, 2.24) is 9.80 Å². The van der Waals surface area contributed by atoms with Crippen molar-refractivity contribution in [2.24, 2.45) is 0 Å². The Morgan fingerprint density at radius 2 is 1.18 bits per heavy atom. The van der Waals surface area contributed by atoms with Gasteiger partial charge in [-0.2, -0.15) is 10.5 Å². The summed E-state index contributed by atoms with van der Waals surface area (Å²) in [7, 11) is 0. The summed E-state index contributed by atoms with van der Waals surface area (Å²) in [6, 6.07) is 19.0. The van der Waals surface area contributed by atoms with Gasteiger partial charge in [0.2, 0.25) is 0 Å². The number of hydrogen-bond acceptors (Lipinski definition) is 3. The lowest BCUT2D eigenvalue weighted by Crippen LogP contribution is -2.53. The molecule has 1 heterocycles. The first-order valence-corrected chi connectivity index (χ1v) is 9.28. The van der Waals surface area contributed by atoms with Crippen LogP contribution in [0.4, 0.5) is 4.79 Å². The largest absolute Gasteiger partial charge is 0.321 e. The van der Waals surface area contributed by atoms with Crippen LogP contribution >= 0.6 is 0 Å². The first-order chi connectivity index (χ1) is 13.2. The van der Waals surface area contributed by atoms with Gasteiger partial charge in [0.15, 0.2) is 0 Å². The summed E-state index contributed by atoms with van der Waals surface area (Å²) in [5, 5.41) is 18.3. The van der Waals surface area contributed by atoms with E-state index in [0.717, 1.165) is 11.1 Å². The average Bonchev–Trinajstić information content (AvgIpc) is 2.80. The summed E-state index contributed by atoms with van der Waals surface area (Å²) in [6.45, 7) is 9.18. The smallest absolute Gasteiger partial charge is 0.313 e. The van der Waals surface area contributed by atoms with Gasteiger partial charge < -0.3 is 9.80 Å². The number of benzene rings is 2. The number of hydrogen-bond donors (Lipinski definition) is 0. The zero-order chi connectivity index (χ0) is 20.5. The average molecular weight is 372 g/mol. The van der Waals surface area contributed by atoms with Gasteiger partial charge >= 0.3 is 6.03 Å². The fourth-order valence-corrected chi connectivity index (χ4v) is 3.66. The molecule has 1 aliphatic rings. The Labute approximate surface area is 166 Å². The van der Waals surface area contributed by atoms with Crippen molar-refractivity contribution in [2.45, 2.75) is 51.9 Å². The molecule has 2 amide bonds. The second-order valence-corrected chi connectivity index (χ2v) is 8.20. The van der Waals surface area contributed by atoms with Crippen LogP contribution in [-0.2, 0) is 13.1 Å². The Kier molecular flexibility index (Phi) is 4.87. The molecular formula is C23H24N4O. The third kappa shape index (κ3) is 3.21. The number of carbonyl (C=O) groups excluding carboxylic acids is 1. The van der Waals surface area contributed by atoms with Crippen LogP contribution in [0.3, 0.4) is 0 Å². The molecule has 0 bridgehead atoms. The normalized spacial score (nSPS) is 17.3. The lowest BCUT2D eigenvalue weighted by molar-refractivity contribution is 0.101. The summed E-state index contributed by atoms with van der Waals surface area (Å²) in [4.78, 5) is 17.1. The van der Waals surface area contributed by atoms with Crippen molar-refractivity contribution in [1.29, 1.82) is 10.5 Å². The van der Waals surface area contributed by atoms with Crippen molar-refractivity contribution >= 4 is 6.03 Å². The van der Waals surface area contributed by atoms with E-state index in [1.807, 2.05) is 46.2 Å². The summed E-state index contributed by atoms with van der Waals surface area (Å²) in [5.41, 5.74) is 2.21. The highest BCUT2D eigenvalue weighted by atomic mass is 16.2. The minimum Gasteiger partial charge on any atom is -0.313 e. The predicted octanol–water partition coefficient (Wildman–Crippen LogP) is 4.42. The summed E-state index contributed by atoms with van der Waals surface area (Å²) in [6.07, 6.45) is 0. The molecule has 1 fully saturated rings. The zero-order valence-corrected chi connectivity index (χ0v) is 16.7. The highest BCUT2D eigenvalue weighted by Crippen LogP contribution is 2.42. The standard InChI is InChI=1S/C23H24N4O/c1-22(2)23(3,4)27(16-20-10-6-8-18(12-20)14-25)21(28)26(22)15-19-9-5-7-17(11-19)13-24/h5-12H,15-16H2,1-4H3. The maximum Gasteiger partial charge on any atom is 0.321 e. The van der Waals surface area contributed by atoms with Gasteiger partial charge in [0.1, 0.15) is 0 Å². The van der Waals surface area contributed by atoms with Crippen LogP contribution in [0.25, 0.3) is 0 Å². The van der Waals surface area contributed by atoms with E-state index in [2.05, 4.69) is 39.8 Å². The highest BCUT2D eigenvalue weighted by molar-refractivity contribution is 5.80. The van der Waals surface area contributed by atoms with Gasteiger partial charge in [0.25, 0.3) is 0 Å². The molecule has 0 spiro atoms. The van der Waals surface area contributed by atoms with E-state index in [-0.39, 0.29) is 6.03 Å². The van der Waals surface area contributed by atoms with E-state index < -0.39 is 11.1 Å². The number of rotatable bonds is 4. The predicted molar refractivity (Wildman–Crippen MR) is 107 cm³/mol. The molecule has 0 aliphatic carbocycles. The van der Waals surface area contributed by atoms with Crippen LogP contribution in [0.1, 0.15) is 49.9 Å². The van der Waals surface area contributed by atoms with Crippen LogP contribution in [-0.4, -0.2) is 26.9 Å². The second kappa shape index (κ2) is 7.02. The highest BCUT2D eigenvalue weighted by Gasteiger charge is 2.56. The fraction of sp³-hybridized carbons (Fsp3) is 0.348. The first kappa shape index (κ1) is 19.5. The molecule has 1 saturated heterocycles. The Morgan fingerprint density at radius 1 is 0.786 bits per heavy atom. The summed E-state index contributed by atoms with van der Waals surface area (Å²) >= 11 is 0. The lowest BCUT2D eigenvalue weighted by Gasteiger charge is -2.41. The number of nitrogens with zero attached hydrogens (tertiary/aromatic N) is 4. The van der Waals surface area contributed by atoms with Gasteiger partial charge in [0.05, 0.1) is 34.3 Å². The van der Waals surface area contributed by atoms with Gasteiger partial charge in [-0.1, -0.05) is 24.3 Å². The molecule has 0 unspecified atom stereocenters. The van der Waals surface area contributed by atoms with Gasteiger partial charge in [-0.3, -0.25) is 0 Å². The van der Waals surface area contributed by atoms with Crippen molar-refractivity contribution in [3.8, 4) is 12.1 Å². The topological polar surface area (TPSA) is 71.1 Å². The van der Waals surface area contributed by atoms with E-state index in [9.17, 15) is 4.79 Å². The quantitative estimate of drug-likeness (QED) is 0.797. The first-order valence-electron chi connectivity index (χ1n) is 9.28. The number of urea groups is 1. The minimum atomic E-state index is -0.417. The van der Waals surface area contributed by atoms with E-state index in [0.29, 0.717) is 24.2 Å². The fourth-order valence-electron chi connectivity index (χ4n) is 3.66. The second-order valence-electron chi connectivity index (χ2n) is 8.20. The molecule has 1 aliphatic heterocycles. The Morgan fingerprint density at radius 3 is 1.54 bits per heavy atom. The Hall–Kier alpha value is -3.31. The molecule has 0 N–H and O–H groups in total. The van der Waals surface area contributed by atoms with Crippen molar-refractivity contribution < 1.29 is 4.79 Å². The van der Waals surface area contributed by atoms with Crippen LogP contribution in [0.15, 0.2) is 48.5 Å². The van der Waals surface area contributed by atoms with E-state index in [4.69, 9.17) is 10.5 Å². The molecular weight excluding hydrogens is 348 g/mol. The van der Waals surface area contributed by atoms with Gasteiger partial charge in [-0.15, -0.1) is 0 Å². The van der Waals surface area contributed by atoms with E-state index in [1.165, 1.54) is 0 Å². The molecule has 0 saturated carbocycles. The lowest BCUT2D eigenvalue weighted by atomic mass is 9.82. The maximum atomic E-state index is 13.4. The molecule has 0 radical (unpaired) electrons. The molecule has 2 aromatic carbocycles. The molecule has 142 valence electrons. The van der Waals surface area contributed by atoms with Gasteiger partial charge in [-0.25, -0.2) is 4.79 Å². The van der Waals surface area contributed by atoms with Gasteiger partial charge in [-0.05, 0) is 63.1 Å². The summed E-state index contributed by atoms with van der Waals surface area (Å²) < 4.78 is 0. The number of amides is 2. The SMILES string of the molecule is CC1(C)N(Cc2cccc(C#N)c2)C(=O)N(Cc2cccc(C#N)c2)C1(C)C. The monoisotopic (exact) mass is 372 g/mol.